The SMILES string of the molecule is CCC[C@H](C(=O)OC)N1c2cc(OC)ccc2[C@@H](C)CC1(C)C. The van der Waals surface area contributed by atoms with Crippen LogP contribution in [0.1, 0.15) is 58.4 Å². The van der Waals surface area contributed by atoms with Crippen molar-refractivity contribution in [3.63, 3.8) is 0 Å². The molecule has 0 bridgehead atoms. The highest BCUT2D eigenvalue weighted by Crippen LogP contribution is 2.46. The van der Waals surface area contributed by atoms with Crippen molar-refractivity contribution in [2.75, 3.05) is 19.1 Å². The molecule has 0 radical (unpaired) electrons. The lowest BCUT2D eigenvalue weighted by molar-refractivity contribution is -0.142. The van der Waals surface area contributed by atoms with E-state index in [2.05, 4.69) is 44.7 Å². The number of anilines is 1. The molecule has 0 saturated carbocycles. The third-order valence-electron chi connectivity index (χ3n) is 4.83. The second kappa shape index (κ2) is 6.81. The van der Waals surface area contributed by atoms with Gasteiger partial charge < -0.3 is 14.4 Å². The fourth-order valence-electron chi connectivity index (χ4n) is 3.91. The average Bonchev–Trinajstić information content (AvgIpc) is 2.51. The number of nitrogens with zero attached hydrogens (tertiary/aromatic N) is 1. The first-order valence-corrected chi connectivity index (χ1v) is 8.40. The predicted molar refractivity (Wildman–Crippen MR) is 93.3 cm³/mol. The van der Waals surface area contributed by atoms with Gasteiger partial charge in [-0.2, -0.15) is 0 Å². The number of fused-ring (bicyclic) bond motifs is 1. The Bertz CT molecular complexity index is 568. The van der Waals surface area contributed by atoms with Crippen LogP contribution in [-0.4, -0.2) is 31.8 Å². The van der Waals surface area contributed by atoms with Gasteiger partial charge in [0.1, 0.15) is 11.8 Å². The number of hydrogen-bond acceptors (Lipinski definition) is 4. The molecule has 1 heterocycles. The molecule has 1 aliphatic rings. The minimum atomic E-state index is -0.265. The van der Waals surface area contributed by atoms with Crippen molar-refractivity contribution < 1.29 is 14.3 Å². The van der Waals surface area contributed by atoms with E-state index in [0.717, 1.165) is 30.7 Å². The van der Waals surface area contributed by atoms with E-state index in [4.69, 9.17) is 9.47 Å². The molecule has 0 saturated heterocycles. The van der Waals surface area contributed by atoms with Crippen LogP contribution in [0, 0.1) is 0 Å². The first-order valence-electron chi connectivity index (χ1n) is 8.40. The van der Waals surface area contributed by atoms with E-state index in [0.29, 0.717) is 5.92 Å². The molecule has 23 heavy (non-hydrogen) atoms. The van der Waals surface area contributed by atoms with Crippen molar-refractivity contribution >= 4 is 11.7 Å². The highest BCUT2D eigenvalue weighted by Gasteiger charge is 2.42. The van der Waals surface area contributed by atoms with Gasteiger partial charge in [0.2, 0.25) is 0 Å². The van der Waals surface area contributed by atoms with Crippen LogP contribution < -0.4 is 9.64 Å². The molecule has 1 aliphatic heterocycles. The van der Waals surface area contributed by atoms with Crippen molar-refractivity contribution in [1.29, 1.82) is 0 Å². The summed E-state index contributed by atoms with van der Waals surface area (Å²) in [5.41, 5.74) is 2.25. The van der Waals surface area contributed by atoms with E-state index in [1.807, 2.05) is 6.07 Å². The maximum atomic E-state index is 12.4. The monoisotopic (exact) mass is 319 g/mol. The van der Waals surface area contributed by atoms with E-state index in [1.165, 1.54) is 12.7 Å². The van der Waals surface area contributed by atoms with Gasteiger partial charge in [0.25, 0.3) is 0 Å². The second-order valence-corrected chi connectivity index (χ2v) is 7.04. The van der Waals surface area contributed by atoms with Gasteiger partial charge in [0.05, 0.1) is 14.2 Å². The molecular weight excluding hydrogens is 290 g/mol. The van der Waals surface area contributed by atoms with Crippen LogP contribution in [0.3, 0.4) is 0 Å². The summed E-state index contributed by atoms with van der Waals surface area (Å²) < 4.78 is 10.5. The number of esters is 1. The van der Waals surface area contributed by atoms with Crippen molar-refractivity contribution in [3.8, 4) is 5.75 Å². The van der Waals surface area contributed by atoms with Crippen LogP contribution in [0.4, 0.5) is 5.69 Å². The fourth-order valence-corrected chi connectivity index (χ4v) is 3.91. The number of ether oxygens (including phenoxy) is 2. The van der Waals surface area contributed by atoms with E-state index < -0.39 is 0 Å². The number of carbonyl (C=O) groups excluding carboxylic acids is 1. The number of rotatable bonds is 5. The van der Waals surface area contributed by atoms with Gasteiger partial charge in [-0.1, -0.05) is 26.3 Å². The van der Waals surface area contributed by atoms with Crippen molar-refractivity contribution in [2.45, 2.75) is 64.5 Å². The molecule has 1 aromatic carbocycles. The zero-order chi connectivity index (χ0) is 17.2. The van der Waals surface area contributed by atoms with Crippen LogP contribution in [0.15, 0.2) is 18.2 Å². The van der Waals surface area contributed by atoms with Crippen LogP contribution >= 0.6 is 0 Å². The maximum Gasteiger partial charge on any atom is 0.328 e. The van der Waals surface area contributed by atoms with E-state index in [9.17, 15) is 4.79 Å². The Balaban J connectivity index is 2.59. The van der Waals surface area contributed by atoms with E-state index in [1.54, 1.807) is 7.11 Å². The largest absolute Gasteiger partial charge is 0.497 e. The molecule has 4 nitrogen and oxygen atoms in total. The quantitative estimate of drug-likeness (QED) is 0.765. The molecule has 0 N–H and O–H groups in total. The highest BCUT2D eigenvalue weighted by atomic mass is 16.5. The number of carbonyl (C=O) groups is 1. The van der Waals surface area contributed by atoms with Gasteiger partial charge in [-0.15, -0.1) is 0 Å². The summed E-state index contributed by atoms with van der Waals surface area (Å²) in [5, 5.41) is 0. The number of hydrogen-bond donors (Lipinski definition) is 0. The summed E-state index contributed by atoms with van der Waals surface area (Å²) in [4.78, 5) is 14.7. The normalized spacial score (nSPS) is 20.6. The summed E-state index contributed by atoms with van der Waals surface area (Å²) in [5.74, 6) is 1.10. The average molecular weight is 319 g/mol. The van der Waals surface area contributed by atoms with Gasteiger partial charge in [-0.3, -0.25) is 0 Å². The second-order valence-electron chi connectivity index (χ2n) is 7.04. The van der Waals surface area contributed by atoms with Crippen LogP contribution in [-0.2, 0) is 9.53 Å². The van der Waals surface area contributed by atoms with Crippen LogP contribution in [0.2, 0.25) is 0 Å². The summed E-state index contributed by atoms with van der Waals surface area (Å²) in [6.07, 6.45) is 2.71. The lowest BCUT2D eigenvalue weighted by atomic mass is 9.78. The maximum absolute atomic E-state index is 12.4. The van der Waals surface area contributed by atoms with Crippen LogP contribution in [0.25, 0.3) is 0 Å². The number of methoxy groups -OCH3 is 2. The molecule has 0 spiro atoms. The summed E-state index contributed by atoms with van der Waals surface area (Å²) in [6.45, 7) is 8.76. The van der Waals surface area contributed by atoms with Crippen molar-refractivity contribution in [3.05, 3.63) is 23.8 Å². The molecule has 0 unspecified atom stereocenters. The summed E-state index contributed by atoms with van der Waals surface area (Å²) in [7, 11) is 3.14. The summed E-state index contributed by atoms with van der Waals surface area (Å²) >= 11 is 0. The first-order chi connectivity index (χ1) is 10.9. The van der Waals surface area contributed by atoms with Gasteiger partial charge in [-0.05, 0) is 44.2 Å². The zero-order valence-electron chi connectivity index (χ0n) is 15.2. The summed E-state index contributed by atoms with van der Waals surface area (Å²) in [6, 6.07) is 5.91. The molecule has 0 fully saturated rings. The van der Waals surface area contributed by atoms with Crippen LogP contribution in [0.5, 0.6) is 5.75 Å². The van der Waals surface area contributed by atoms with E-state index in [-0.39, 0.29) is 17.6 Å². The van der Waals surface area contributed by atoms with Gasteiger partial charge in [0, 0.05) is 17.3 Å². The van der Waals surface area contributed by atoms with Gasteiger partial charge in [0.15, 0.2) is 0 Å². The lowest BCUT2D eigenvalue weighted by Gasteiger charge is -2.50. The topological polar surface area (TPSA) is 38.8 Å². The highest BCUT2D eigenvalue weighted by molar-refractivity contribution is 5.82. The van der Waals surface area contributed by atoms with Crippen molar-refractivity contribution in [2.24, 2.45) is 0 Å². The van der Waals surface area contributed by atoms with E-state index >= 15 is 0 Å². The molecule has 1 aromatic rings. The Morgan fingerprint density at radius 2 is 2.09 bits per heavy atom. The fraction of sp³-hybridized carbons (Fsp3) is 0.632. The standard InChI is InChI=1S/C19H29NO3/c1-7-8-16(18(21)23-6)20-17-11-14(22-5)9-10-15(17)13(2)12-19(20,3)4/h9-11,13,16H,7-8,12H2,1-6H3/t13-,16+/m0/s1. The molecule has 2 rings (SSSR count). The molecule has 0 amide bonds. The third-order valence-corrected chi connectivity index (χ3v) is 4.83. The molecule has 4 heteroatoms. The minimum Gasteiger partial charge on any atom is -0.497 e. The third kappa shape index (κ3) is 3.31. The molecule has 0 aromatic heterocycles. The molecular formula is C19H29NO3. The molecule has 2 atom stereocenters. The van der Waals surface area contributed by atoms with Gasteiger partial charge in [-0.25, -0.2) is 4.79 Å². The minimum absolute atomic E-state index is 0.118. The smallest absolute Gasteiger partial charge is 0.328 e. The predicted octanol–water partition coefficient (Wildman–Crippen LogP) is 4.13. The number of benzene rings is 1. The Hall–Kier alpha value is -1.71. The van der Waals surface area contributed by atoms with Gasteiger partial charge >= 0.3 is 5.97 Å². The Morgan fingerprint density at radius 3 is 2.65 bits per heavy atom. The molecule has 128 valence electrons. The first kappa shape index (κ1) is 17.6. The lowest BCUT2D eigenvalue weighted by Crippen LogP contribution is -2.56. The Morgan fingerprint density at radius 1 is 1.39 bits per heavy atom. The Labute approximate surface area is 139 Å². The zero-order valence-corrected chi connectivity index (χ0v) is 15.2. The molecule has 0 aliphatic carbocycles. The van der Waals surface area contributed by atoms with Crippen molar-refractivity contribution in [1.82, 2.24) is 0 Å². The Kier molecular flexibility index (Phi) is 5.23.